The van der Waals surface area contributed by atoms with Crippen LogP contribution in [0.5, 0.6) is 0 Å². The molecule has 0 radical (unpaired) electrons. The quantitative estimate of drug-likeness (QED) is 0.741. The molecule has 0 saturated heterocycles. The third kappa shape index (κ3) is 2.54. The third-order valence-electron chi connectivity index (χ3n) is 3.40. The lowest BCUT2D eigenvalue weighted by Crippen LogP contribution is -2.36. The van der Waals surface area contributed by atoms with Gasteiger partial charge in [0.05, 0.1) is 6.54 Å². The van der Waals surface area contributed by atoms with Crippen molar-refractivity contribution >= 4 is 23.0 Å². The number of hydrogen-bond acceptors (Lipinski definition) is 5. The maximum Gasteiger partial charge on any atom is 0.332 e. The first-order valence-corrected chi connectivity index (χ1v) is 6.50. The first-order chi connectivity index (χ1) is 9.86. The van der Waals surface area contributed by atoms with Crippen LogP contribution in [0.4, 0.5) is 5.95 Å². The summed E-state index contributed by atoms with van der Waals surface area (Å²) in [5, 5.41) is 2.82. The Morgan fingerprint density at radius 3 is 2.62 bits per heavy atom. The van der Waals surface area contributed by atoms with Crippen LogP contribution < -0.4 is 16.6 Å². The molecule has 21 heavy (non-hydrogen) atoms. The number of amides is 1. The van der Waals surface area contributed by atoms with Crippen molar-refractivity contribution in [2.24, 2.45) is 14.1 Å². The molecule has 0 aliphatic carbocycles. The van der Waals surface area contributed by atoms with Crippen LogP contribution in [0.15, 0.2) is 9.59 Å². The van der Waals surface area contributed by atoms with E-state index in [0.717, 1.165) is 4.57 Å². The van der Waals surface area contributed by atoms with E-state index in [9.17, 15) is 14.4 Å². The van der Waals surface area contributed by atoms with Crippen molar-refractivity contribution in [3.8, 4) is 0 Å². The second-order valence-electron chi connectivity index (χ2n) is 4.75. The molecule has 0 aliphatic heterocycles. The number of nitrogens with zero attached hydrogens (tertiary/aromatic N) is 4. The number of likely N-dealkylation sites (N-methyl/N-ethyl adjacent to an activating group) is 1. The van der Waals surface area contributed by atoms with Crippen molar-refractivity contribution < 1.29 is 4.79 Å². The average molecular weight is 294 g/mol. The Bertz CT molecular complexity index is 800. The highest BCUT2D eigenvalue weighted by molar-refractivity contribution is 5.81. The van der Waals surface area contributed by atoms with Crippen molar-refractivity contribution in [3.05, 3.63) is 20.8 Å². The molecule has 0 aliphatic rings. The Balaban J connectivity index is 2.34. The number of imidazole rings is 1. The Hall–Kier alpha value is -2.58. The Morgan fingerprint density at radius 2 is 2.00 bits per heavy atom. The van der Waals surface area contributed by atoms with Gasteiger partial charge in [-0.15, -0.1) is 0 Å². The number of carbonyl (C=O) groups is 1. The number of hydrogen-bond donors (Lipinski definition) is 2. The number of rotatable bonds is 4. The van der Waals surface area contributed by atoms with E-state index < -0.39 is 11.2 Å². The van der Waals surface area contributed by atoms with Gasteiger partial charge in [0, 0.05) is 27.7 Å². The molecule has 2 aromatic heterocycles. The normalized spacial score (nSPS) is 10.9. The van der Waals surface area contributed by atoms with Crippen molar-refractivity contribution in [2.75, 3.05) is 25.5 Å². The number of aryl methyl sites for hydroxylation is 1. The molecule has 0 atom stereocenters. The lowest BCUT2D eigenvalue weighted by Gasteiger charge is -2.14. The zero-order valence-electron chi connectivity index (χ0n) is 12.4. The molecule has 9 heteroatoms. The average Bonchev–Trinajstić information content (AvgIpc) is 2.92. The first-order valence-electron chi connectivity index (χ1n) is 6.50. The summed E-state index contributed by atoms with van der Waals surface area (Å²) in [6, 6.07) is 0. The Kier molecular flexibility index (Phi) is 3.83. The fraction of sp³-hybridized carbons (Fsp3) is 0.500. The molecular weight excluding hydrogens is 276 g/mol. The summed E-state index contributed by atoms with van der Waals surface area (Å²) in [7, 11) is 4.63. The van der Waals surface area contributed by atoms with Gasteiger partial charge in [-0.1, -0.05) is 0 Å². The minimum Gasteiger partial charge on any atom is -0.347 e. The van der Waals surface area contributed by atoms with Crippen LogP contribution in [0.25, 0.3) is 11.2 Å². The van der Waals surface area contributed by atoms with Gasteiger partial charge in [0.15, 0.2) is 11.2 Å². The van der Waals surface area contributed by atoms with Crippen LogP contribution in [-0.2, 0) is 18.9 Å². The standard InChI is InChI=1S/C12H18N6O3/c1-5-16(2)7(19)6-13-11-14-8-9(15-11)17(3)12(21)18(4)10(8)20/h5-6H2,1-4H3,(H2,13,14,15). The second kappa shape index (κ2) is 5.43. The van der Waals surface area contributed by atoms with E-state index in [1.165, 1.54) is 18.7 Å². The van der Waals surface area contributed by atoms with Gasteiger partial charge < -0.3 is 15.2 Å². The third-order valence-corrected chi connectivity index (χ3v) is 3.40. The Labute approximate surface area is 120 Å². The predicted octanol–water partition coefficient (Wildman–Crippen LogP) is -1.15. The summed E-state index contributed by atoms with van der Waals surface area (Å²) < 4.78 is 2.28. The molecule has 2 rings (SSSR count). The van der Waals surface area contributed by atoms with E-state index >= 15 is 0 Å². The van der Waals surface area contributed by atoms with E-state index in [0.29, 0.717) is 6.54 Å². The number of fused-ring (bicyclic) bond motifs is 1. The molecule has 9 nitrogen and oxygen atoms in total. The number of H-pyrrole nitrogens is 1. The number of anilines is 1. The largest absolute Gasteiger partial charge is 0.347 e. The summed E-state index contributed by atoms with van der Waals surface area (Å²) in [5.74, 6) is 0.181. The van der Waals surface area contributed by atoms with E-state index in [-0.39, 0.29) is 29.6 Å². The van der Waals surface area contributed by atoms with Gasteiger partial charge in [-0.2, -0.15) is 4.98 Å². The summed E-state index contributed by atoms with van der Waals surface area (Å²) in [4.78, 5) is 44.0. The van der Waals surface area contributed by atoms with Crippen LogP contribution in [0, 0.1) is 0 Å². The lowest BCUT2D eigenvalue weighted by molar-refractivity contribution is -0.127. The fourth-order valence-electron chi connectivity index (χ4n) is 1.88. The highest BCUT2D eigenvalue weighted by Gasteiger charge is 2.14. The molecule has 0 fully saturated rings. The SMILES string of the molecule is CCN(C)C(=O)CNc1nc2c([nH]1)c(=O)n(C)c(=O)n2C. The molecule has 114 valence electrons. The Morgan fingerprint density at radius 1 is 1.33 bits per heavy atom. The number of aromatic amines is 1. The molecule has 2 heterocycles. The van der Waals surface area contributed by atoms with E-state index in [1.807, 2.05) is 6.92 Å². The minimum atomic E-state index is -0.453. The van der Waals surface area contributed by atoms with Crippen LogP contribution in [0.2, 0.25) is 0 Å². The number of carbonyl (C=O) groups excluding carboxylic acids is 1. The predicted molar refractivity (Wildman–Crippen MR) is 78.4 cm³/mol. The fourth-order valence-corrected chi connectivity index (χ4v) is 1.88. The van der Waals surface area contributed by atoms with Gasteiger partial charge in [0.2, 0.25) is 11.9 Å². The van der Waals surface area contributed by atoms with Crippen LogP contribution >= 0.6 is 0 Å². The van der Waals surface area contributed by atoms with Crippen molar-refractivity contribution in [1.82, 2.24) is 24.0 Å². The zero-order valence-corrected chi connectivity index (χ0v) is 12.4. The van der Waals surface area contributed by atoms with Gasteiger partial charge >= 0.3 is 5.69 Å². The van der Waals surface area contributed by atoms with Gasteiger partial charge in [0.25, 0.3) is 5.56 Å². The highest BCUT2D eigenvalue weighted by Crippen LogP contribution is 2.07. The van der Waals surface area contributed by atoms with Crippen LogP contribution in [-0.4, -0.2) is 50.0 Å². The maximum absolute atomic E-state index is 12.0. The molecular formula is C12H18N6O3. The van der Waals surface area contributed by atoms with Gasteiger partial charge in [0.1, 0.15) is 0 Å². The van der Waals surface area contributed by atoms with Gasteiger partial charge in [-0.25, -0.2) is 4.79 Å². The van der Waals surface area contributed by atoms with E-state index in [2.05, 4.69) is 15.3 Å². The highest BCUT2D eigenvalue weighted by atomic mass is 16.2. The molecule has 2 N–H and O–H groups in total. The first kappa shape index (κ1) is 14.8. The van der Waals surface area contributed by atoms with Crippen LogP contribution in [0.3, 0.4) is 0 Å². The molecule has 1 amide bonds. The number of nitrogens with one attached hydrogen (secondary N) is 2. The van der Waals surface area contributed by atoms with Crippen LogP contribution in [0.1, 0.15) is 6.92 Å². The minimum absolute atomic E-state index is 0.0540. The topological polar surface area (TPSA) is 105 Å². The second-order valence-corrected chi connectivity index (χ2v) is 4.75. The maximum atomic E-state index is 12.0. The molecule has 0 bridgehead atoms. The lowest BCUT2D eigenvalue weighted by atomic mass is 10.5. The molecule has 0 aromatic carbocycles. The summed E-state index contributed by atoms with van der Waals surface area (Å²) in [6.45, 7) is 2.53. The van der Waals surface area contributed by atoms with Gasteiger partial charge in [-0.3, -0.25) is 18.7 Å². The van der Waals surface area contributed by atoms with E-state index in [4.69, 9.17) is 0 Å². The van der Waals surface area contributed by atoms with E-state index in [1.54, 1.807) is 11.9 Å². The molecule has 2 aromatic rings. The van der Waals surface area contributed by atoms with Crippen molar-refractivity contribution in [3.63, 3.8) is 0 Å². The van der Waals surface area contributed by atoms with Crippen molar-refractivity contribution in [1.29, 1.82) is 0 Å². The van der Waals surface area contributed by atoms with Gasteiger partial charge in [-0.05, 0) is 6.92 Å². The monoisotopic (exact) mass is 294 g/mol. The van der Waals surface area contributed by atoms with Crippen molar-refractivity contribution in [2.45, 2.75) is 6.92 Å². The summed E-state index contributed by atoms with van der Waals surface area (Å²) in [6.07, 6.45) is 0. The molecule has 0 saturated carbocycles. The molecule has 0 unspecified atom stereocenters. The summed E-state index contributed by atoms with van der Waals surface area (Å²) in [5.41, 5.74) is -0.432. The molecule has 0 spiro atoms. The smallest absolute Gasteiger partial charge is 0.332 e. The summed E-state index contributed by atoms with van der Waals surface area (Å²) >= 11 is 0. The number of aromatic nitrogens is 4. The zero-order chi connectivity index (χ0) is 15.7.